The van der Waals surface area contributed by atoms with E-state index in [-0.39, 0.29) is 5.82 Å². The fraction of sp³-hybridized carbons (Fsp3) is 0.333. The van der Waals surface area contributed by atoms with Crippen LogP contribution in [0.4, 0.5) is 4.39 Å². The van der Waals surface area contributed by atoms with Gasteiger partial charge in [-0.1, -0.05) is 26.0 Å². The van der Waals surface area contributed by atoms with Crippen molar-refractivity contribution in [3.63, 3.8) is 0 Å². The lowest BCUT2D eigenvalue weighted by molar-refractivity contribution is 0.272. The normalized spacial score (nSPS) is 9.30. The molecule has 0 amide bonds. The van der Waals surface area contributed by atoms with E-state index in [2.05, 4.69) is 9.72 Å². The Labute approximate surface area is 118 Å². The van der Waals surface area contributed by atoms with Crippen molar-refractivity contribution in [2.75, 3.05) is 6.61 Å². The van der Waals surface area contributed by atoms with E-state index in [9.17, 15) is 4.39 Å². The molecule has 1 heterocycles. The summed E-state index contributed by atoms with van der Waals surface area (Å²) in [7, 11) is 0. The van der Waals surface area contributed by atoms with Crippen molar-refractivity contribution < 1.29 is 9.13 Å². The van der Waals surface area contributed by atoms with E-state index in [4.69, 9.17) is 5.26 Å². The number of hydrogen-bond donors (Lipinski definition) is 0. The molecule has 2 aromatic rings. The summed E-state index contributed by atoms with van der Waals surface area (Å²) < 4.78 is 19.6. The van der Waals surface area contributed by atoms with Gasteiger partial charge in [-0.3, -0.25) is 0 Å². The molecule has 5 heteroatoms. The Morgan fingerprint density at radius 2 is 2.20 bits per heavy atom. The Hall–Kier alpha value is -2.35. The molecule has 4 nitrogen and oxygen atoms in total. The van der Waals surface area contributed by atoms with Gasteiger partial charge in [0.15, 0.2) is 0 Å². The van der Waals surface area contributed by atoms with Crippen LogP contribution in [-0.2, 0) is 17.7 Å². The summed E-state index contributed by atoms with van der Waals surface area (Å²) in [4.78, 5) is 4.05. The second-order valence-electron chi connectivity index (χ2n) is 3.83. The zero-order valence-electron chi connectivity index (χ0n) is 11.7. The molecular weight excluding hydrogens is 257 g/mol. The molecule has 1 aromatic heterocycles. The van der Waals surface area contributed by atoms with Gasteiger partial charge in [-0.25, -0.2) is 9.37 Å². The van der Waals surface area contributed by atoms with Crippen molar-refractivity contribution in [2.45, 2.75) is 26.8 Å². The van der Waals surface area contributed by atoms with Crippen LogP contribution in [0, 0.1) is 17.3 Å². The first-order valence-electron chi connectivity index (χ1n) is 6.54. The van der Waals surface area contributed by atoms with Crippen LogP contribution in [0.1, 0.15) is 25.1 Å². The largest absolute Gasteiger partial charge is 0.427 e. The lowest BCUT2D eigenvalue weighted by Gasteiger charge is -2.07. The van der Waals surface area contributed by atoms with E-state index in [1.165, 1.54) is 12.1 Å². The minimum Gasteiger partial charge on any atom is -0.427 e. The quantitative estimate of drug-likeness (QED) is 0.622. The van der Waals surface area contributed by atoms with E-state index >= 15 is 0 Å². The van der Waals surface area contributed by atoms with Gasteiger partial charge in [-0.05, 0) is 17.7 Å². The number of benzene rings is 1. The number of ether oxygens (including phenoxy) is 1. The molecule has 0 saturated carbocycles. The smallest absolute Gasteiger partial charge is 0.286 e. The van der Waals surface area contributed by atoms with Crippen LogP contribution in [0.25, 0.3) is 0 Å². The van der Waals surface area contributed by atoms with Crippen LogP contribution in [-0.4, -0.2) is 16.2 Å². The molecule has 0 saturated heterocycles. The average Bonchev–Trinajstić information content (AvgIpc) is 2.89. The van der Waals surface area contributed by atoms with Gasteiger partial charge in [-0.15, -0.1) is 0 Å². The number of imidazole rings is 1. The summed E-state index contributed by atoms with van der Waals surface area (Å²) in [6.07, 6.45) is 5.64. The van der Waals surface area contributed by atoms with Crippen molar-refractivity contribution in [1.82, 2.24) is 9.55 Å². The predicted octanol–water partition coefficient (Wildman–Crippen LogP) is 3.14. The van der Waals surface area contributed by atoms with Crippen LogP contribution in [0.3, 0.4) is 0 Å². The van der Waals surface area contributed by atoms with Gasteiger partial charge in [0.1, 0.15) is 12.4 Å². The van der Waals surface area contributed by atoms with Crippen LogP contribution < -0.4 is 0 Å². The standard InChI is InChI=1S/C13H12FN3O.C2H6/c14-12-3-1-2-11(6-12)8-17-10-16-7-13(17)4-5-18-9-15;1-2/h1-3,6-7,10H,4-5,8H2;1-2H3. The highest BCUT2D eigenvalue weighted by molar-refractivity contribution is 5.17. The van der Waals surface area contributed by atoms with Gasteiger partial charge in [0.05, 0.1) is 6.33 Å². The third-order valence-electron chi connectivity index (χ3n) is 2.57. The number of halogens is 1. The first kappa shape index (κ1) is 15.7. The summed E-state index contributed by atoms with van der Waals surface area (Å²) in [6.45, 7) is 4.88. The number of hydrogen-bond acceptors (Lipinski definition) is 3. The molecule has 0 aliphatic rings. The van der Waals surface area contributed by atoms with Gasteiger partial charge in [-0.2, -0.15) is 5.26 Å². The summed E-state index contributed by atoms with van der Waals surface area (Å²) >= 11 is 0. The van der Waals surface area contributed by atoms with Crippen molar-refractivity contribution >= 4 is 0 Å². The molecule has 20 heavy (non-hydrogen) atoms. The Bertz CT molecular complexity index is 560. The van der Waals surface area contributed by atoms with Gasteiger partial charge < -0.3 is 9.30 Å². The van der Waals surface area contributed by atoms with E-state index in [0.29, 0.717) is 19.6 Å². The number of nitrogens with zero attached hydrogens (tertiary/aromatic N) is 3. The fourth-order valence-electron chi connectivity index (χ4n) is 1.73. The molecule has 0 radical (unpaired) electrons. The minimum atomic E-state index is -0.248. The molecule has 0 N–H and O–H groups in total. The second-order valence-corrected chi connectivity index (χ2v) is 3.83. The van der Waals surface area contributed by atoms with Crippen molar-refractivity contribution in [3.8, 4) is 6.26 Å². The zero-order valence-corrected chi connectivity index (χ0v) is 11.7. The van der Waals surface area contributed by atoms with E-state index in [0.717, 1.165) is 11.3 Å². The molecule has 0 aliphatic carbocycles. The van der Waals surface area contributed by atoms with Gasteiger partial charge in [0, 0.05) is 24.9 Å². The highest BCUT2D eigenvalue weighted by atomic mass is 19.1. The Morgan fingerprint density at radius 1 is 1.40 bits per heavy atom. The summed E-state index contributed by atoms with van der Waals surface area (Å²) in [5.74, 6) is -0.248. The summed E-state index contributed by atoms with van der Waals surface area (Å²) in [5.41, 5.74) is 1.82. The lowest BCUT2D eigenvalue weighted by Crippen LogP contribution is -2.05. The molecule has 0 bridgehead atoms. The molecule has 0 atom stereocenters. The number of rotatable bonds is 5. The van der Waals surface area contributed by atoms with Crippen LogP contribution >= 0.6 is 0 Å². The highest BCUT2D eigenvalue weighted by Crippen LogP contribution is 2.08. The van der Waals surface area contributed by atoms with Crippen LogP contribution in [0.5, 0.6) is 0 Å². The Kier molecular flexibility index (Phi) is 6.83. The lowest BCUT2D eigenvalue weighted by atomic mass is 10.2. The third kappa shape index (κ3) is 4.73. The maximum absolute atomic E-state index is 13.1. The van der Waals surface area contributed by atoms with Crippen molar-refractivity contribution in [1.29, 1.82) is 5.26 Å². The van der Waals surface area contributed by atoms with E-state index < -0.39 is 0 Å². The van der Waals surface area contributed by atoms with E-state index in [1.807, 2.05) is 24.5 Å². The zero-order chi connectivity index (χ0) is 14.8. The second kappa shape index (κ2) is 8.70. The Morgan fingerprint density at radius 3 is 2.90 bits per heavy atom. The highest BCUT2D eigenvalue weighted by Gasteiger charge is 2.04. The third-order valence-corrected chi connectivity index (χ3v) is 2.57. The average molecular weight is 275 g/mol. The van der Waals surface area contributed by atoms with E-state index in [1.54, 1.807) is 24.8 Å². The maximum Gasteiger partial charge on any atom is 0.286 e. The van der Waals surface area contributed by atoms with Crippen molar-refractivity contribution in [2.24, 2.45) is 0 Å². The summed E-state index contributed by atoms with van der Waals surface area (Å²) in [6, 6.07) is 6.45. The number of nitriles is 1. The molecular formula is C15H18FN3O. The SMILES string of the molecule is CC.N#COCCc1cncn1Cc1cccc(F)c1. The molecule has 2 rings (SSSR count). The molecule has 0 fully saturated rings. The summed E-state index contributed by atoms with van der Waals surface area (Å²) in [5, 5.41) is 8.29. The fourth-order valence-corrected chi connectivity index (χ4v) is 1.73. The van der Waals surface area contributed by atoms with Crippen molar-refractivity contribution in [3.05, 3.63) is 53.9 Å². The topological polar surface area (TPSA) is 50.8 Å². The predicted molar refractivity (Wildman–Crippen MR) is 74.3 cm³/mol. The van der Waals surface area contributed by atoms with Crippen LogP contribution in [0.15, 0.2) is 36.8 Å². The first-order chi connectivity index (χ1) is 9.79. The molecule has 1 aromatic carbocycles. The van der Waals surface area contributed by atoms with Gasteiger partial charge in [0.2, 0.25) is 0 Å². The van der Waals surface area contributed by atoms with Gasteiger partial charge in [0.25, 0.3) is 6.26 Å². The Balaban J connectivity index is 0.000000956. The van der Waals surface area contributed by atoms with Crippen LogP contribution in [0.2, 0.25) is 0 Å². The maximum atomic E-state index is 13.1. The molecule has 0 aliphatic heterocycles. The molecule has 106 valence electrons. The molecule has 0 unspecified atom stereocenters. The first-order valence-corrected chi connectivity index (χ1v) is 6.54. The molecule has 0 spiro atoms. The number of aromatic nitrogens is 2. The van der Waals surface area contributed by atoms with Gasteiger partial charge >= 0.3 is 0 Å². The monoisotopic (exact) mass is 275 g/mol. The minimum absolute atomic E-state index is 0.248.